The van der Waals surface area contributed by atoms with Crippen LogP contribution in [0.1, 0.15) is 47.3 Å². The fourth-order valence-electron chi connectivity index (χ4n) is 2.46. The van der Waals surface area contributed by atoms with Gasteiger partial charge in [-0.2, -0.15) is 8.78 Å². The summed E-state index contributed by atoms with van der Waals surface area (Å²) in [6.07, 6.45) is 2.28. The van der Waals surface area contributed by atoms with Crippen molar-refractivity contribution in [2.45, 2.75) is 38.7 Å². The Balaban J connectivity index is 2.54. The molecule has 3 nitrogen and oxygen atoms in total. The predicted octanol–water partition coefficient (Wildman–Crippen LogP) is 4.80. The molecule has 130 valence electrons. The van der Waals surface area contributed by atoms with Gasteiger partial charge in [-0.25, -0.2) is 9.37 Å². The highest BCUT2D eigenvalue weighted by Crippen LogP contribution is 2.31. The second kappa shape index (κ2) is 7.83. The molecular weight excluding hydrogens is 341 g/mol. The van der Waals surface area contributed by atoms with Crippen LogP contribution in [0.5, 0.6) is 0 Å². The van der Waals surface area contributed by atoms with Gasteiger partial charge in [-0.3, -0.25) is 4.79 Å². The Bertz CT molecular complexity index is 716. The van der Waals surface area contributed by atoms with Gasteiger partial charge in [0.05, 0.1) is 6.54 Å². The van der Waals surface area contributed by atoms with Crippen molar-refractivity contribution in [3.63, 3.8) is 0 Å². The lowest BCUT2D eigenvalue weighted by Gasteiger charge is -2.12. The minimum absolute atomic E-state index is 0.127. The summed E-state index contributed by atoms with van der Waals surface area (Å²) in [6.45, 7) is 0.186. The Kier molecular flexibility index (Phi) is 6.04. The second-order valence-electron chi connectivity index (χ2n) is 5.50. The number of aldehydes is 1. The quantitative estimate of drug-likeness (QED) is 0.635. The molecule has 0 N–H and O–H groups in total. The average Bonchev–Trinajstić information content (AvgIpc) is 2.93. The Morgan fingerprint density at radius 3 is 2.62 bits per heavy atom. The summed E-state index contributed by atoms with van der Waals surface area (Å²) in [4.78, 5) is 15.3. The van der Waals surface area contributed by atoms with Gasteiger partial charge in [-0.05, 0) is 18.1 Å². The molecule has 0 saturated carbocycles. The van der Waals surface area contributed by atoms with E-state index >= 15 is 0 Å². The Labute approximate surface area is 143 Å². The maximum Gasteiger partial charge on any atom is 0.319 e. The van der Waals surface area contributed by atoms with Crippen molar-refractivity contribution in [2.24, 2.45) is 0 Å². The summed E-state index contributed by atoms with van der Waals surface area (Å²) < 4.78 is 41.8. The number of imidazole rings is 1. The van der Waals surface area contributed by atoms with Crippen molar-refractivity contribution < 1.29 is 18.0 Å². The molecule has 0 spiro atoms. The molecule has 0 saturated heterocycles. The summed E-state index contributed by atoms with van der Waals surface area (Å²) in [5.41, 5.74) is -0.436. The van der Waals surface area contributed by atoms with Crippen LogP contribution in [0.3, 0.4) is 0 Å². The molecule has 0 bridgehead atoms. The van der Waals surface area contributed by atoms with Crippen LogP contribution < -0.4 is 0 Å². The molecule has 0 radical (unpaired) electrons. The first-order chi connectivity index (χ1) is 11.4. The van der Waals surface area contributed by atoms with Crippen molar-refractivity contribution in [1.29, 1.82) is 0 Å². The Morgan fingerprint density at radius 2 is 2.04 bits per heavy atom. The third kappa shape index (κ3) is 3.80. The van der Waals surface area contributed by atoms with E-state index in [1.165, 1.54) is 4.57 Å². The lowest BCUT2D eigenvalue weighted by molar-refractivity contribution is -0.0324. The molecule has 0 aliphatic rings. The summed E-state index contributed by atoms with van der Waals surface area (Å²) in [7, 11) is 0. The molecule has 1 aromatic carbocycles. The largest absolute Gasteiger partial charge is 0.321 e. The van der Waals surface area contributed by atoms with Gasteiger partial charge in [0.1, 0.15) is 17.2 Å². The van der Waals surface area contributed by atoms with Gasteiger partial charge in [-0.1, -0.05) is 43.1 Å². The van der Waals surface area contributed by atoms with E-state index in [1.54, 1.807) is 24.3 Å². The number of benzene rings is 1. The summed E-state index contributed by atoms with van der Waals surface area (Å²) >= 11 is 6.12. The molecule has 24 heavy (non-hydrogen) atoms. The standard InChI is InChI=1S/C17H18ClF3N2O/c1-2-3-8-15-22-16(17(20,21)11-19)14(10-24)23(15)9-12-6-4-5-7-13(12)18/h4-7,10H,2-3,8-9,11H2,1H3. The van der Waals surface area contributed by atoms with Crippen LogP contribution in [0.4, 0.5) is 13.2 Å². The zero-order valence-corrected chi connectivity index (χ0v) is 14.0. The number of hydrogen-bond acceptors (Lipinski definition) is 2. The summed E-state index contributed by atoms with van der Waals surface area (Å²) in [6, 6.07) is 6.94. The first-order valence-corrected chi connectivity index (χ1v) is 8.04. The zero-order valence-electron chi connectivity index (χ0n) is 13.2. The van der Waals surface area contributed by atoms with Gasteiger partial charge in [0, 0.05) is 11.4 Å². The number of aryl methyl sites for hydroxylation is 1. The van der Waals surface area contributed by atoms with Crippen LogP contribution in [0, 0.1) is 0 Å². The monoisotopic (exact) mass is 358 g/mol. The SMILES string of the molecule is CCCCc1nc(C(F)(F)CF)c(C=O)n1Cc1ccccc1Cl. The van der Waals surface area contributed by atoms with Crippen molar-refractivity contribution in [1.82, 2.24) is 9.55 Å². The number of unbranched alkanes of at least 4 members (excludes halogenated alkanes) is 1. The lowest BCUT2D eigenvalue weighted by atomic mass is 10.2. The molecule has 1 heterocycles. The number of hydrogen-bond donors (Lipinski definition) is 0. The molecule has 0 fully saturated rings. The van der Waals surface area contributed by atoms with E-state index in [9.17, 15) is 18.0 Å². The van der Waals surface area contributed by atoms with E-state index in [2.05, 4.69) is 4.98 Å². The topological polar surface area (TPSA) is 34.9 Å². The summed E-state index contributed by atoms with van der Waals surface area (Å²) in [5, 5.41) is 0.461. The average molecular weight is 359 g/mol. The Morgan fingerprint density at radius 1 is 1.33 bits per heavy atom. The highest BCUT2D eigenvalue weighted by molar-refractivity contribution is 6.31. The van der Waals surface area contributed by atoms with Crippen molar-refractivity contribution in [3.05, 3.63) is 52.1 Å². The van der Waals surface area contributed by atoms with Crippen molar-refractivity contribution in [2.75, 3.05) is 6.67 Å². The van der Waals surface area contributed by atoms with E-state index in [-0.39, 0.29) is 12.2 Å². The van der Waals surface area contributed by atoms with E-state index in [0.717, 1.165) is 12.8 Å². The van der Waals surface area contributed by atoms with Gasteiger partial charge < -0.3 is 4.57 Å². The van der Waals surface area contributed by atoms with Crippen LogP contribution in [-0.2, 0) is 18.9 Å². The maximum atomic E-state index is 13.8. The molecular formula is C17H18ClF3N2O. The normalized spacial score (nSPS) is 11.7. The second-order valence-corrected chi connectivity index (χ2v) is 5.91. The van der Waals surface area contributed by atoms with Gasteiger partial charge in [0.25, 0.3) is 0 Å². The van der Waals surface area contributed by atoms with Crippen LogP contribution in [0.15, 0.2) is 24.3 Å². The summed E-state index contributed by atoms with van der Waals surface area (Å²) in [5.74, 6) is -3.45. The molecule has 1 aromatic heterocycles. The highest BCUT2D eigenvalue weighted by atomic mass is 35.5. The number of aromatic nitrogens is 2. The number of alkyl halides is 3. The van der Waals surface area contributed by atoms with Gasteiger partial charge >= 0.3 is 5.92 Å². The number of nitrogens with zero attached hydrogens (tertiary/aromatic N) is 2. The van der Waals surface area contributed by atoms with Crippen LogP contribution >= 0.6 is 11.6 Å². The first-order valence-electron chi connectivity index (χ1n) is 7.66. The lowest BCUT2D eigenvalue weighted by Crippen LogP contribution is -2.19. The smallest absolute Gasteiger partial charge is 0.319 e. The zero-order chi connectivity index (χ0) is 17.7. The van der Waals surface area contributed by atoms with E-state index in [4.69, 9.17) is 11.6 Å². The molecule has 0 unspecified atom stereocenters. The third-order valence-corrected chi connectivity index (χ3v) is 4.12. The fraction of sp³-hybridized carbons (Fsp3) is 0.412. The van der Waals surface area contributed by atoms with Crippen molar-refractivity contribution >= 4 is 17.9 Å². The number of halogens is 4. The molecule has 7 heteroatoms. The van der Waals surface area contributed by atoms with E-state index in [1.807, 2.05) is 6.92 Å². The molecule has 2 rings (SSSR count). The van der Waals surface area contributed by atoms with Crippen LogP contribution in [-0.4, -0.2) is 22.5 Å². The van der Waals surface area contributed by atoms with Crippen molar-refractivity contribution in [3.8, 4) is 0 Å². The van der Waals surface area contributed by atoms with E-state index in [0.29, 0.717) is 29.1 Å². The van der Waals surface area contributed by atoms with Crippen LogP contribution in [0.25, 0.3) is 0 Å². The third-order valence-electron chi connectivity index (χ3n) is 3.75. The minimum Gasteiger partial charge on any atom is -0.321 e. The predicted molar refractivity (Wildman–Crippen MR) is 86.6 cm³/mol. The number of rotatable bonds is 8. The van der Waals surface area contributed by atoms with Crippen LogP contribution in [0.2, 0.25) is 5.02 Å². The van der Waals surface area contributed by atoms with Gasteiger partial charge in [-0.15, -0.1) is 0 Å². The Hall–Kier alpha value is -1.82. The molecule has 0 amide bonds. The number of carbonyl (C=O) groups is 1. The van der Waals surface area contributed by atoms with E-state index < -0.39 is 18.3 Å². The number of carbonyl (C=O) groups excluding carboxylic acids is 1. The highest BCUT2D eigenvalue weighted by Gasteiger charge is 2.39. The molecule has 0 atom stereocenters. The maximum absolute atomic E-state index is 13.8. The minimum atomic E-state index is -3.79. The fourth-order valence-corrected chi connectivity index (χ4v) is 2.66. The van der Waals surface area contributed by atoms with Gasteiger partial charge in [0.15, 0.2) is 13.0 Å². The molecule has 0 aliphatic heterocycles. The first kappa shape index (κ1) is 18.5. The van der Waals surface area contributed by atoms with Gasteiger partial charge in [0.2, 0.25) is 0 Å². The molecule has 2 aromatic rings. The molecule has 0 aliphatic carbocycles.